The van der Waals surface area contributed by atoms with Crippen LogP contribution in [-0.2, 0) is 6.42 Å². The molecule has 3 N–H and O–H groups in total. The van der Waals surface area contributed by atoms with E-state index in [-0.39, 0.29) is 17.8 Å². The van der Waals surface area contributed by atoms with Crippen LogP contribution in [0.5, 0.6) is 0 Å². The maximum atomic E-state index is 13.6. The number of hydrogen-bond donors (Lipinski definition) is 2. The lowest BCUT2D eigenvalue weighted by Gasteiger charge is -2.17. The summed E-state index contributed by atoms with van der Waals surface area (Å²) in [7, 11) is 0. The van der Waals surface area contributed by atoms with Crippen LogP contribution in [0.25, 0.3) is 0 Å². The molecule has 19 heavy (non-hydrogen) atoms. The van der Waals surface area contributed by atoms with E-state index in [1.165, 1.54) is 24.3 Å². The number of hydrazine groups is 1. The maximum absolute atomic E-state index is 13.6. The summed E-state index contributed by atoms with van der Waals surface area (Å²) < 4.78 is 39.5. The van der Waals surface area contributed by atoms with Gasteiger partial charge in [-0.25, -0.2) is 13.2 Å². The van der Waals surface area contributed by atoms with E-state index in [1.807, 2.05) is 0 Å². The van der Waals surface area contributed by atoms with Gasteiger partial charge in [-0.15, -0.1) is 0 Å². The first-order valence-corrected chi connectivity index (χ1v) is 5.76. The highest BCUT2D eigenvalue weighted by atomic mass is 19.2. The summed E-state index contributed by atoms with van der Waals surface area (Å²) in [4.78, 5) is 0. The first kappa shape index (κ1) is 13.6. The molecule has 0 saturated carbocycles. The van der Waals surface area contributed by atoms with Crippen molar-refractivity contribution in [3.8, 4) is 0 Å². The Balaban J connectivity index is 2.24. The molecule has 2 nitrogen and oxygen atoms in total. The molecule has 1 atom stereocenters. The van der Waals surface area contributed by atoms with E-state index in [0.29, 0.717) is 5.56 Å². The number of nitrogens with one attached hydrogen (secondary N) is 1. The van der Waals surface area contributed by atoms with Crippen LogP contribution in [0.4, 0.5) is 13.2 Å². The zero-order valence-corrected chi connectivity index (χ0v) is 10.0. The summed E-state index contributed by atoms with van der Waals surface area (Å²) in [6.45, 7) is 0. The second-order valence-corrected chi connectivity index (χ2v) is 4.19. The summed E-state index contributed by atoms with van der Waals surface area (Å²) in [6.07, 6.45) is 0.172. The number of halogens is 3. The van der Waals surface area contributed by atoms with E-state index in [0.717, 1.165) is 6.07 Å². The SMILES string of the molecule is NNC(Cc1cccc(F)c1F)c1ccc(F)cc1. The van der Waals surface area contributed by atoms with Crippen molar-refractivity contribution in [3.05, 3.63) is 71.0 Å². The molecule has 2 aromatic carbocycles. The van der Waals surface area contributed by atoms with Crippen LogP contribution < -0.4 is 11.3 Å². The predicted molar refractivity (Wildman–Crippen MR) is 66.5 cm³/mol. The molecule has 0 aliphatic heterocycles. The minimum absolute atomic E-state index is 0.172. The Labute approximate surface area is 109 Å². The minimum atomic E-state index is -0.896. The fourth-order valence-corrected chi connectivity index (χ4v) is 1.89. The highest BCUT2D eigenvalue weighted by molar-refractivity contribution is 5.25. The zero-order chi connectivity index (χ0) is 13.8. The van der Waals surface area contributed by atoms with E-state index >= 15 is 0 Å². The van der Waals surface area contributed by atoms with Crippen molar-refractivity contribution in [2.24, 2.45) is 5.84 Å². The van der Waals surface area contributed by atoms with Crippen LogP contribution in [0.1, 0.15) is 17.2 Å². The van der Waals surface area contributed by atoms with Crippen molar-refractivity contribution in [2.75, 3.05) is 0 Å². The predicted octanol–water partition coefficient (Wildman–Crippen LogP) is 2.85. The molecule has 2 rings (SSSR count). The maximum Gasteiger partial charge on any atom is 0.162 e. The van der Waals surface area contributed by atoms with Gasteiger partial charge in [0.05, 0.1) is 6.04 Å². The van der Waals surface area contributed by atoms with Crippen LogP contribution >= 0.6 is 0 Å². The van der Waals surface area contributed by atoms with Crippen molar-refractivity contribution in [3.63, 3.8) is 0 Å². The van der Waals surface area contributed by atoms with E-state index < -0.39 is 17.7 Å². The molecule has 0 radical (unpaired) electrons. The van der Waals surface area contributed by atoms with Gasteiger partial charge in [-0.3, -0.25) is 11.3 Å². The molecular weight excluding hydrogens is 253 g/mol. The Bertz CT molecular complexity index is 555. The molecule has 0 heterocycles. The van der Waals surface area contributed by atoms with E-state index in [4.69, 9.17) is 5.84 Å². The molecule has 0 saturated heterocycles. The lowest BCUT2D eigenvalue weighted by atomic mass is 9.99. The summed E-state index contributed by atoms with van der Waals surface area (Å²) in [5.74, 6) is 3.27. The molecule has 100 valence electrons. The molecule has 0 amide bonds. The number of hydrogen-bond acceptors (Lipinski definition) is 2. The topological polar surface area (TPSA) is 38.0 Å². The van der Waals surface area contributed by atoms with Crippen molar-refractivity contribution < 1.29 is 13.2 Å². The van der Waals surface area contributed by atoms with Gasteiger partial charge in [0.2, 0.25) is 0 Å². The fourth-order valence-electron chi connectivity index (χ4n) is 1.89. The second-order valence-electron chi connectivity index (χ2n) is 4.19. The third-order valence-corrected chi connectivity index (χ3v) is 2.93. The van der Waals surface area contributed by atoms with Gasteiger partial charge in [0.1, 0.15) is 5.82 Å². The zero-order valence-electron chi connectivity index (χ0n) is 10.0. The van der Waals surface area contributed by atoms with Crippen molar-refractivity contribution in [2.45, 2.75) is 12.5 Å². The molecule has 0 spiro atoms. The average molecular weight is 266 g/mol. The molecule has 2 aromatic rings. The van der Waals surface area contributed by atoms with Gasteiger partial charge >= 0.3 is 0 Å². The summed E-state index contributed by atoms with van der Waals surface area (Å²) in [5, 5.41) is 0. The molecule has 5 heteroatoms. The summed E-state index contributed by atoms with van der Waals surface area (Å²) in [6, 6.07) is 9.26. The summed E-state index contributed by atoms with van der Waals surface area (Å²) in [5.41, 5.74) is 3.44. The standard InChI is InChI=1S/C14H13F3N2/c15-11-6-4-9(5-7-11)13(19-18)8-10-2-1-3-12(16)14(10)17/h1-7,13,19H,8,18H2. The lowest BCUT2D eigenvalue weighted by Crippen LogP contribution is -2.29. The van der Waals surface area contributed by atoms with Gasteiger partial charge in [0, 0.05) is 0 Å². The first-order chi connectivity index (χ1) is 9.11. The molecule has 0 bridgehead atoms. The van der Waals surface area contributed by atoms with Gasteiger partial charge in [0.15, 0.2) is 11.6 Å². The Kier molecular flexibility index (Phi) is 4.19. The Morgan fingerprint density at radius 2 is 1.68 bits per heavy atom. The molecule has 0 fully saturated rings. The van der Waals surface area contributed by atoms with Gasteiger partial charge in [0.25, 0.3) is 0 Å². The molecular formula is C14H13F3N2. The van der Waals surface area contributed by atoms with Crippen LogP contribution in [0.2, 0.25) is 0 Å². The monoisotopic (exact) mass is 266 g/mol. The molecule has 0 aliphatic rings. The largest absolute Gasteiger partial charge is 0.271 e. The first-order valence-electron chi connectivity index (χ1n) is 5.76. The van der Waals surface area contributed by atoms with Gasteiger partial charge in [-0.2, -0.15) is 0 Å². The highest BCUT2D eigenvalue weighted by Gasteiger charge is 2.15. The van der Waals surface area contributed by atoms with Crippen LogP contribution in [0, 0.1) is 17.5 Å². The third kappa shape index (κ3) is 3.13. The van der Waals surface area contributed by atoms with E-state index in [9.17, 15) is 13.2 Å². The van der Waals surface area contributed by atoms with Crippen LogP contribution in [0.15, 0.2) is 42.5 Å². The second kappa shape index (κ2) is 5.86. The number of benzene rings is 2. The molecule has 0 aromatic heterocycles. The van der Waals surface area contributed by atoms with Crippen molar-refractivity contribution in [1.29, 1.82) is 0 Å². The van der Waals surface area contributed by atoms with E-state index in [2.05, 4.69) is 5.43 Å². The smallest absolute Gasteiger partial charge is 0.162 e. The van der Waals surface area contributed by atoms with Crippen molar-refractivity contribution in [1.82, 2.24) is 5.43 Å². The van der Waals surface area contributed by atoms with Crippen LogP contribution in [0.3, 0.4) is 0 Å². The van der Waals surface area contributed by atoms with E-state index in [1.54, 1.807) is 12.1 Å². The van der Waals surface area contributed by atoms with Crippen LogP contribution in [-0.4, -0.2) is 0 Å². The minimum Gasteiger partial charge on any atom is -0.271 e. The van der Waals surface area contributed by atoms with Crippen molar-refractivity contribution >= 4 is 0 Å². The number of nitrogens with two attached hydrogens (primary N) is 1. The molecule has 0 aliphatic carbocycles. The fraction of sp³-hybridized carbons (Fsp3) is 0.143. The lowest BCUT2D eigenvalue weighted by molar-refractivity contribution is 0.481. The Morgan fingerprint density at radius 1 is 1.00 bits per heavy atom. The summed E-state index contributed by atoms with van der Waals surface area (Å²) >= 11 is 0. The van der Waals surface area contributed by atoms with Gasteiger partial charge < -0.3 is 0 Å². The Hall–Kier alpha value is -1.85. The average Bonchev–Trinajstić information content (AvgIpc) is 2.42. The number of rotatable bonds is 4. The molecule has 1 unspecified atom stereocenters. The quantitative estimate of drug-likeness (QED) is 0.659. The Morgan fingerprint density at radius 3 is 2.32 bits per heavy atom. The highest BCUT2D eigenvalue weighted by Crippen LogP contribution is 2.21. The van der Waals surface area contributed by atoms with Gasteiger partial charge in [-0.05, 0) is 35.7 Å². The normalized spacial score (nSPS) is 12.4. The third-order valence-electron chi connectivity index (χ3n) is 2.93. The van der Waals surface area contributed by atoms with Gasteiger partial charge in [-0.1, -0.05) is 24.3 Å².